The highest BCUT2D eigenvalue weighted by Gasteiger charge is 2.09. The zero-order valence-corrected chi connectivity index (χ0v) is 12.2. The van der Waals surface area contributed by atoms with E-state index in [1.54, 1.807) is 11.3 Å². The molecule has 20 heavy (non-hydrogen) atoms. The van der Waals surface area contributed by atoms with Crippen LogP contribution >= 0.6 is 11.3 Å². The fourth-order valence-electron chi connectivity index (χ4n) is 2.42. The number of nitrogens with zero attached hydrogens (tertiary/aromatic N) is 2. The van der Waals surface area contributed by atoms with E-state index in [2.05, 4.69) is 21.9 Å². The van der Waals surface area contributed by atoms with Crippen LogP contribution in [0.25, 0.3) is 10.9 Å². The van der Waals surface area contributed by atoms with Crippen LogP contribution in [0.5, 0.6) is 0 Å². The van der Waals surface area contributed by atoms with Crippen molar-refractivity contribution in [2.45, 2.75) is 26.3 Å². The average Bonchev–Trinajstić information content (AvgIpc) is 3.05. The maximum Gasteiger partial charge on any atom is 0.152 e. The van der Waals surface area contributed by atoms with Gasteiger partial charge in [0.15, 0.2) is 6.29 Å². The number of rotatable bonds is 5. The number of hydrogen-bond donors (Lipinski definition) is 0. The summed E-state index contributed by atoms with van der Waals surface area (Å²) in [5, 5.41) is 4.31. The van der Waals surface area contributed by atoms with Gasteiger partial charge >= 0.3 is 0 Å². The highest BCUT2D eigenvalue weighted by atomic mass is 32.1. The fraction of sp³-hybridized carbons (Fsp3) is 0.250. The van der Waals surface area contributed by atoms with Crippen molar-refractivity contribution >= 4 is 28.5 Å². The average molecular weight is 284 g/mol. The lowest BCUT2D eigenvalue weighted by Crippen LogP contribution is -1.98. The summed E-state index contributed by atoms with van der Waals surface area (Å²) in [4.78, 5) is 15.8. The largest absolute Gasteiger partial charge is 0.341 e. The highest BCUT2D eigenvalue weighted by Crippen LogP contribution is 2.21. The van der Waals surface area contributed by atoms with Crippen molar-refractivity contribution < 1.29 is 4.79 Å². The zero-order valence-electron chi connectivity index (χ0n) is 11.4. The van der Waals surface area contributed by atoms with E-state index in [1.165, 1.54) is 5.01 Å². The molecule has 0 unspecified atom stereocenters. The first-order chi connectivity index (χ1) is 9.81. The summed E-state index contributed by atoms with van der Waals surface area (Å²) in [6, 6.07) is 7.99. The van der Waals surface area contributed by atoms with Crippen molar-refractivity contribution in [1.82, 2.24) is 9.55 Å². The van der Waals surface area contributed by atoms with E-state index >= 15 is 0 Å². The molecule has 0 aliphatic rings. The molecule has 2 aromatic heterocycles. The van der Waals surface area contributed by atoms with Crippen molar-refractivity contribution in [1.29, 1.82) is 0 Å². The number of aromatic nitrogens is 2. The van der Waals surface area contributed by atoms with Gasteiger partial charge < -0.3 is 4.57 Å². The number of benzene rings is 1. The smallest absolute Gasteiger partial charge is 0.152 e. The maximum atomic E-state index is 11.1. The van der Waals surface area contributed by atoms with Gasteiger partial charge in [-0.05, 0) is 18.9 Å². The van der Waals surface area contributed by atoms with Crippen molar-refractivity contribution in [2.24, 2.45) is 0 Å². The molecule has 0 fully saturated rings. The molecule has 0 radical (unpaired) electrons. The Balaban J connectivity index is 1.95. The second kappa shape index (κ2) is 5.59. The molecule has 102 valence electrons. The van der Waals surface area contributed by atoms with Crippen LogP contribution in [-0.4, -0.2) is 15.8 Å². The number of carbonyl (C=O) groups is 1. The molecule has 0 N–H and O–H groups in total. The molecular weight excluding hydrogens is 268 g/mol. The summed E-state index contributed by atoms with van der Waals surface area (Å²) in [6.07, 6.45) is 4.99. The molecule has 0 atom stereocenters. The number of aryl methyl sites for hydroxylation is 1. The second-order valence-corrected chi connectivity index (χ2v) is 5.77. The van der Waals surface area contributed by atoms with Gasteiger partial charge in [0.25, 0.3) is 0 Å². The third-order valence-electron chi connectivity index (χ3n) is 3.34. The molecule has 1 aromatic carbocycles. The number of carbonyl (C=O) groups excluding carboxylic acids is 1. The van der Waals surface area contributed by atoms with Crippen LogP contribution in [0.4, 0.5) is 0 Å². The van der Waals surface area contributed by atoms with Gasteiger partial charge in [0.2, 0.25) is 0 Å². The Bertz CT molecular complexity index is 742. The number of fused-ring (bicyclic) bond motifs is 1. The third-order valence-corrected chi connectivity index (χ3v) is 4.30. The molecule has 3 aromatic rings. The molecule has 2 heterocycles. The van der Waals surface area contributed by atoms with Gasteiger partial charge in [-0.15, -0.1) is 11.3 Å². The van der Waals surface area contributed by atoms with Crippen LogP contribution in [0.15, 0.2) is 35.8 Å². The van der Waals surface area contributed by atoms with Gasteiger partial charge in [-0.25, -0.2) is 4.98 Å². The summed E-state index contributed by atoms with van der Waals surface area (Å²) in [7, 11) is 0. The van der Waals surface area contributed by atoms with E-state index in [0.29, 0.717) is 6.54 Å². The van der Waals surface area contributed by atoms with Gasteiger partial charge in [0.1, 0.15) is 0 Å². The number of aldehydes is 1. The molecule has 0 bridgehead atoms. The fourth-order valence-corrected chi connectivity index (χ4v) is 3.32. The van der Waals surface area contributed by atoms with E-state index in [9.17, 15) is 4.79 Å². The lowest BCUT2D eigenvalue weighted by molar-refractivity contribution is 0.112. The molecule has 0 saturated heterocycles. The van der Waals surface area contributed by atoms with Gasteiger partial charge in [0, 0.05) is 28.0 Å². The molecule has 0 aliphatic carbocycles. The molecular formula is C16H16N2OS. The Morgan fingerprint density at radius 2 is 2.20 bits per heavy atom. The Morgan fingerprint density at radius 1 is 1.35 bits per heavy atom. The topological polar surface area (TPSA) is 34.9 Å². The van der Waals surface area contributed by atoms with E-state index in [1.807, 2.05) is 30.5 Å². The first kappa shape index (κ1) is 13.1. The standard InChI is InChI=1S/C16H16N2OS/c1-2-5-16-17-13(11-20-16)9-18-8-12(10-19)14-6-3-4-7-15(14)18/h3-4,6-8,10-11H,2,5,9H2,1H3. The second-order valence-electron chi connectivity index (χ2n) is 4.83. The first-order valence-electron chi connectivity index (χ1n) is 6.78. The Kier molecular flexibility index (Phi) is 3.65. The van der Waals surface area contributed by atoms with Gasteiger partial charge in [-0.1, -0.05) is 25.1 Å². The number of thiazole rings is 1. The van der Waals surface area contributed by atoms with Crippen molar-refractivity contribution in [3.63, 3.8) is 0 Å². The molecule has 0 spiro atoms. The summed E-state index contributed by atoms with van der Waals surface area (Å²) >= 11 is 1.72. The van der Waals surface area contributed by atoms with Crippen LogP contribution in [0.1, 0.15) is 34.4 Å². The van der Waals surface area contributed by atoms with Crippen LogP contribution in [-0.2, 0) is 13.0 Å². The summed E-state index contributed by atoms with van der Waals surface area (Å²) in [5.41, 5.74) is 2.89. The van der Waals surface area contributed by atoms with E-state index < -0.39 is 0 Å². The minimum Gasteiger partial charge on any atom is -0.341 e. The van der Waals surface area contributed by atoms with Crippen molar-refractivity contribution in [3.8, 4) is 0 Å². The van der Waals surface area contributed by atoms with Crippen molar-refractivity contribution in [2.75, 3.05) is 0 Å². The van der Waals surface area contributed by atoms with Crippen LogP contribution < -0.4 is 0 Å². The number of hydrogen-bond acceptors (Lipinski definition) is 3. The van der Waals surface area contributed by atoms with E-state index in [-0.39, 0.29) is 0 Å². The van der Waals surface area contributed by atoms with Crippen molar-refractivity contribution in [3.05, 3.63) is 52.1 Å². The monoisotopic (exact) mass is 284 g/mol. The Hall–Kier alpha value is -1.94. The predicted molar refractivity (Wildman–Crippen MR) is 82.5 cm³/mol. The van der Waals surface area contributed by atoms with Gasteiger partial charge in [0.05, 0.1) is 17.2 Å². The first-order valence-corrected chi connectivity index (χ1v) is 7.66. The minimum atomic E-state index is 0.717. The van der Waals surface area contributed by atoms with E-state index in [0.717, 1.165) is 41.3 Å². The maximum absolute atomic E-state index is 11.1. The van der Waals surface area contributed by atoms with E-state index in [4.69, 9.17) is 0 Å². The quantitative estimate of drug-likeness (QED) is 0.666. The highest BCUT2D eigenvalue weighted by molar-refractivity contribution is 7.09. The molecule has 3 nitrogen and oxygen atoms in total. The van der Waals surface area contributed by atoms with Gasteiger partial charge in [-0.3, -0.25) is 4.79 Å². The number of para-hydroxylation sites is 1. The normalized spacial score (nSPS) is 11.1. The zero-order chi connectivity index (χ0) is 13.9. The molecule has 0 aliphatic heterocycles. The van der Waals surface area contributed by atoms with Crippen LogP contribution in [0.2, 0.25) is 0 Å². The Morgan fingerprint density at radius 3 is 3.00 bits per heavy atom. The summed E-state index contributed by atoms with van der Waals surface area (Å²) in [6.45, 7) is 2.88. The Labute approximate surface area is 121 Å². The summed E-state index contributed by atoms with van der Waals surface area (Å²) in [5.74, 6) is 0. The minimum absolute atomic E-state index is 0.717. The predicted octanol–water partition coefficient (Wildman–Crippen LogP) is 3.91. The molecule has 3 rings (SSSR count). The van der Waals surface area contributed by atoms with Crippen LogP contribution in [0, 0.1) is 0 Å². The third kappa shape index (κ3) is 2.39. The lowest BCUT2D eigenvalue weighted by atomic mass is 10.2. The molecule has 0 saturated carbocycles. The van der Waals surface area contributed by atoms with Crippen LogP contribution in [0.3, 0.4) is 0 Å². The molecule has 0 amide bonds. The SMILES string of the molecule is CCCc1nc(Cn2cc(C=O)c3ccccc32)cs1. The van der Waals surface area contributed by atoms with Gasteiger partial charge in [-0.2, -0.15) is 0 Å². The lowest BCUT2D eigenvalue weighted by Gasteiger charge is -2.02. The molecule has 4 heteroatoms. The summed E-state index contributed by atoms with van der Waals surface area (Å²) < 4.78 is 2.10.